The summed E-state index contributed by atoms with van der Waals surface area (Å²) >= 11 is 12.0. The van der Waals surface area contributed by atoms with Crippen molar-refractivity contribution < 1.29 is 0 Å². The van der Waals surface area contributed by atoms with Crippen molar-refractivity contribution in [3.05, 3.63) is 76.1 Å². The monoisotopic (exact) mass is 359 g/mol. The van der Waals surface area contributed by atoms with E-state index in [1.54, 1.807) is 0 Å². The quantitative estimate of drug-likeness (QED) is 0.583. The lowest BCUT2D eigenvalue weighted by atomic mass is 10.3. The van der Waals surface area contributed by atoms with E-state index in [0.717, 1.165) is 40.7 Å². The van der Waals surface area contributed by atoms with E-state index in [4.69, 9.17) is 28.2 Å². The van der Waals surface area contributed by atoms with Crippen LogP contribution < -0.4 is 5.62 Å². The van der Waals surface area contributed by atoms with Crippen LogP contribution in [0, 0.1) is 6.92 Å². The van der Waals surface area contributed by atoms with E-state index in [-0.39, 0.29) is 0 Å². The second-order valence-electron chi connectivity index (χ2n) is 5.66. The molecule has 3 rings (SSSR count). The number of nitrogens with zero attached hydrogens (tertiary/aromatic N) is 3. The molecule has 0 unspecified atom stereocenters. The Morgan fingerprint density at radius 1 is 0.917 bits per heavy atom. The van der Waals surface area contributed by atoms with Crippen molar-refractivity contribution in [3.63, 3.8) is 0 Å². The molecule has 0 atom stereocenters. The highest BCUT2D eigenvalue weighted by molar-refractivity contribution is 6.30. The highest BCUT2D eigenvalue weighted by Gasteiger charge is 2.08. The lowest BCUT2D eigenvalue weighted by Gasteiger charge is -2.07. The standard InChI is InChI=1S/C19H19Cl2N3/c1-3-12-23-13-14(2)24(18-10-6-16(21)7-11-18)19(23)22-17-8-4-15(20)5-9-17/h4-11,13H,3,12H2,1-2H3. The van der Waals surface area contributed by atoms with E-state index in [0.29, 0.717) is 5.02 Å². The number of halogens is 2. The molecule has 0 radical (unpaired) electrons. The highest BCUT2D eigenvalue weighted by Crippen LogP contribution is 2.17. The van der Waals surface area contributed by atoms with Gasteiger partial charge in [-0.05, 0) is 61.9 Å². The summed E-state index contributed by atoms with van der Waals surface area (Å²) in [5, 5.41) is 1.43. The molecule has 0 saturated carbocycles. The third-order valence-electron chi connectivity index (χ3n) is 3.76. The van der Waals surface area contributed by atoms with Crippen molar-refractivity contribution >= 4 is 28.9 Å². The Kier molecular flexibility index (Phi) is 5.12. The third-order valence-corrected chi connectivity index (χ3v) is 4.26. The number of aryl methyl sites for hydroxylation is 2. The maximum Gasteiger partial charge on any atom is 0.215 e. The van der Waals surface area contributed by atoms with Crippen LogP contribution in [-0.2, 0) is 6.54 Å². The number of imidazole rings is 1. The van der Waals surface area contributed by atoms with Crippen LogP contribution in [-0.4, -0.2) is 9.13 Å². The molecule has 3 aromatic rings. The van der Waals surface area contributed by atoms with Gasteiger partial charge >= 0.3 is 0 Å². The summed E-state index contributed by atoms with van der Waals surface area (Å²) in [7, 11) is 0. The van der Waals surface area contributed by atoms with Gasteiger partial charge in [0.05, 0.1) is 5.69 Å². The molecule has 0 N–H and O–H groups in total. The van der Waals surface area contributed by atoms with Crippen LogP contribution in [0.4, 0.5) is 5.69 Å². The van der Waals surface area contributed by atoms with Gasteiger partial charge in [-0.15, -0.1) is 0 Å². The minimum absolute atomic E-state index is 0.708. The summed E-state index contributed by atoms with van der Waals surface area (Å²) in [6.07, 6.45) is 3.17. The van der Waals surface area contributed by atoms with Gasteiger partial charge in [-0.3, -0.25) is 4.57 Å². The van der Waals surface area contributed by atoms with Crippen LogP contribution in [0.1, 0.15) is 19.0 Å². The number of aromatic nitrogens is 2. The molecule has 0 spiro atoms. The largest absolute Gasteiger partial charge is 0.317 e. The average molecular weight is 360 g/mol. The summed E-state index contributed by atoms with van der Waals surface area (Å²) in [6.45, 7) is 5.16. The van der Waals surface area contributed by atoms with Crippen molar-refractivity contribution in [2.24, 2.45) is 4.99 Å². The van der Waals surface area contributed by atoms with Gasteiger partial charge in [-0.1, -0.05) is 30.1 Å². The molecule has 1 heterocycles. The fraction of sp³-hybridized carbons (Fsp3) is 0.211. The molecule has 5 heteroatoms. The van der Waals surface area contributed by atoms with Crippen molar-refractivity contribution in [3.8, 4) is 5.69 Å². The maximum atomic E-state index is 6.03. The number of hydrogen-bond acceptors (Lipinski definition) is 1. The SMILES string of the molecule is CCCn1cc(C)n(-c2ccc(Cl)cc2)c1=Nc1ccc(Cl)cc1. The summed E-state index contributed by atoms with van der Waals surface area (Å²) in [4.78, 5) is 4.85. The first-order chi connectivity index (χ1) is 11.6. The van der Waals surface area contributed by atoms with E-state index < -0.39 is 0 Å². The molecular weight excluding hydrogens is 341 g/mol. The lowest BCUT2D eigenvalue weighted by Crippen LogP contribution is -2.25. The fourth-order valence-electron chi connectivity index (χ4n) is 2.69. The van der Waals surface area contributed by atoms with Gasteiger partial charge in [0.25, 0.3) is 0 Å². The van der Waals surface area contributed by atoms with E-state index in [9.17, 15) is 0 Å². The number of benzene rings is 2. The second kappa shape index (κ2) is 7.29. The maximum absolute atomic E-state index is 6.03. The smallest absolute Gasteiger partial charge is 0.215 e. The summed E-state index contributed by atoms with van der Waals surface area (Å²) < 4.78 is 4.32. The van der Waals surface area contributed by atoms with Gasteiger partial charge in [-0.2, -0.15) is 0 Å². The molecule has 0 aliphatic heterocycles. The zero-order valence-corrected chi connectivity index (χ0v) is 15.2. The molecule has 0 amide bonds. The topological polar surface area (TPSA) is 22.2 Å². The van der Waals surface area contributed by atoms with Crippen molar-refractivity contribution in [1.29, 1.82) is 0 Å². The second-order valence-corrected chi connectivity index (χ2v) is 6.54. The first-order valence-corrected chi connectivity index (χ1v) is 8.69. The Hall–Kier alpha value is -1.97. The molecule has 0 bridgehead atoms. The molecule has 1 aromatic heterocycles. The molecule has 0 saturated heterocycles. The molecule has 3 nitrogen and oxygen atoms in total. The molecule has 124 valence electrons. The zero-order valence-electron chi connectivity index (χ0n) is 13.7. The molecule has 0 aliphatic carbocycles. The van der Waals surface area contributed by atoms with Crippen LogP contribution in [0.15, 0.2) is 59.7 Å². The van der Waals surface area contributed by atoms with E-state index in [1.165, 1.54) is 0 Å². The minimum Gasteiger partial charge on any atom is -0.317 e. The predicted octanol–water partition coefficient (Wildman–Crippen LogP) is 5.54. The Morgan fingerprint density at radius 2 is 1.50 bits per heavy atom. The first kappa shape index (κ1) is 16.9. The van der Waals surface area contributed by atoms with Crippen molar-refractivity contribution in [2.45, 2.75) is 26.8 Å². The van der Waals surface area contributed by atoms with Crippen LogP contribution in [0.2, 0.25) is 10.0 Å². The highest BCUT2D eigenvalue weighted by atomic mass is 35.5. The fourth-order valence-corrected chi connectivity index (χ4v) is 2.94. The van der Waals surface area contributed by atoms with Gasteiger partial charge in [0.1, 0.15) is 0 Å². The van der Waals surface area contributed by atoms with Crippen LogP contribution in [0.3, 0.4) is 0 Å². The molecular formula is C19H19Cl2N3. The van der Waals surface area contributed by atoms with Crippen LogP contribution in [0.25, 0.3) is 5.69 Å². The Labute approximate surface area is 151 Å². The zero-order chi connectivity index (χ0) is 17.1. The van der Waals surface area contributed by atoms with Crippen LogP contribution >= 0.6 is 23.2 Å². The number of hydrogen-bond donors (Lipinski definition) is 0. The van der Waals surface area contributed by atoms with Gasteiger partial charge < -0.3 is 4.57 Å². The first-order valence-electron chi connectivity index (χ1n) is 7.93. The molecule has 0 fully saturated rings. The Morgan fingerprint density at radius 3 is 2.08 bits per heavy atom. The normalized spacial score (nSPS) is 11.9. The van der Waals surface area contributed by atoms with E-state index in [1.807, 2.05) is 48.5 Å². The summed E-state index contributed by atoms with van der Waals surface area (Å²) in [6, 6.07) is 15.4. The van der Waals surface area contributed by atoms with Gasteiger partial charge in [-0.25, -0.2) is 4.99 Å². The van der Waals surface area contributed by atoms with Gasteiger partial charge in [0, 0.05) is 34.2 Å². The van der Waals surface area contributed by atoms with Gasteiger partial charge in [0.15, 0.2) is 0 Å². The van der Waals surface area contributed by atoms with E-state index in [2.05, 4.69) is 29.2 Å². The van der Waals surface area contributed by atoms with Crippen molar-refractivity contribution in [2.75, 3.05) is 0 Å². The average Bonchev–Trinajstić information content (AvgIpc) is 2.86. The molecule has 24 heavy (non-hydrogen) atoms. The third kappa shape index (κ3) is 3.58. The molecule has 2 aromatic carbocycles. The minimum atomic E-state index is 0.708. The van der Waals surface area contributed by atoms with Gasteiger partial charge in [0.2, 0.25) is 5.62 Å². The van der Waals surface area contributed by atoms with Crippen LogP contribution in [0.5, 0.6) is 0 Å². The summed E-state index contributed by atoms with van der Waals surface area (Å²) in [5.41, 5.74) is 3.93. The summed E-state index contributed by atoms with van der Waals surface area (Å²) in [5.74, 6) is 0. The lowest BCUT2D eigenvalue weighted by molar-refractivity contribution is 0.635. The number of rotatable bonds is 4. The predicted molar refractivity (Wildman–Crippen MR) is 100 cm³/mol. The Bertz CT molecular complexity index is 888. The van der Waals surface area contributed by atoms with E-state index >= 15 is 0 Å². The van der Waals surface area contributed by atoms with Crippen molar-refractivity contribution in [1.82, 2.24) is 9.13 Å². The Balaban J connectivity index is 2.21. The molecule has 0 aliphatic rings.